The van der Waals surface area contributed by atoms with E-state index in [1.165, 1.54) is 4.90 Å². The van der Waals surface area contributed by atoms with Gasteiger partial charge in [0.15, 0.2) is 0 Å². The fourth-order valence-electron chi connectivity index (χ4n) is 2.07. The van der Waals surface area contributed by atoms with E-state index in [1.54, 1.807) is 13.1 Å². The van der Waals surface area contributed by atoms with Crippen molar-refractivity contribution < 1.29 is 9.59 Å². The molecule has 1 fully saturated rings. The molecule has 2 heterocycles. The fraction of sp³-hybridized carbons (Fsp3) is 0.500. The van der Waals surface area contributed by atoms with Gasteiger partial charge in [0.25, 0.3) is 0 Å². The Morgan fingerprint density at radius 2 is 2.21 bits per heavy atom. The van der Waals surface area contributed by atoms with Crippen molar-refractivity contribution in [3.63, 3.8) is 0 Å². The number of aromatic nitrogens is 1. The van der Waals surface area contributed by atoms with E-state index in [1.807, 2.05) is 12.1 Å². The van der Waals surface area contributed by atoms with E-state index in [0.717, 1.165) is 24.3 Å². The van der Waals surface area contributed by atoms with Crippen molar-refractivity contribution in [2.24, 2.45) is 5.92 Å². The van der Waals surface area contributed by atoms with Crippen LogP contribution < -0.4 is 5.32 Å². The van der Waals surface area contributed by atoms with Crippen LogP contribution in [0.25, 0.3) is 0 Å². The lowest BCUT2D eigenvalue weighted by Crippen LogP contribution is -2.29. The zero-order valence-corrected chi connectivity index (χ0v) is 11.3. The highest BCUT2D eigenvalue weighted by Crippen LogP contribution is 2.21. The minimum Gasteiger partial charge on any atom is -0.370 e. The first-order chi connectivity index (χ1) is 9.11. The van der Waals surface area contributed by atoms with Crippen molar-refractivity contribution in [3.05, 3.63) is 23.9 Å². The molecular formula is C14H19N3O2. The summed E-state index contributed by atoms with van der Waals surface area (Å²) >= 11 is 0. The molecule has 0 bridgehead atoms. The van der Waals surface area contributed by atoms with Crippen LogP contribution in [-0.2, 0) is 16.1 Å². The predicted octanol–water partition coefficient (Wildman–Crippen LogP) is 1.80. The molecule has 1 aliphatic rings. The first kappa shape index (κ1) is 13.5. The highest BCUT2D eigenvalue weighted by Gasteiger charge is 2.35. The summed E-state index contributed by atoms with van der Waals surface area (Å²) in [5, 5.41) is 3.18. The fourth-order valence-corrected chi connectivity index (χ4v) is 2.07. The largest absolute Gasteiger partial charge is 0.370 e. The molecule has 1 saturated heterocycles. The third-order valence-electron chi connectivity index (χ3n) is 3.19. The van der Waals surface area contributed by atoms with Gasteiger partial charge in [-0.15, -0.1) is 0 Å². The number of hydrogen-bond donors (Lipinski definition) is 1. The minimum atomic E-state index is -0.189. The second-order valence-electron chi connectivity index (χ2n) is 4.90. The van der Waals surface area contributed by atoms with Gasteiger partial charge in [0.1, 0.15) is 5.82 Å². The SMILES string of the molecule is CCCNc1ccc(CN2C(=O)CC(C)C2=O)cn1. The summed E-state index contributed by atoms with van der Waals surface area (Å²) in [5.41, 5.74) is 0.873. The van der Waals surface area contributed by atoms with E-state index in [4.69, 9.17) is 0 Å². The number of carbonyl (C=O) groups excluding carboxylic acids is 2. The molecule has 2 rings (SSSR count). The van der Waals surface area contributed by atoms with Crippen LogP contribution in [-0.4, -0.2) is 28.2 Å². The molecule has 0 spiro atoms. The maximum absolute atomic E-state index is 11.8. The first-order valence-corrected chi connectivity index (χ1v) is 6.64. The second-order valence-corrected chi connectivity index (χ2v) is 4.90. The highest BCUT2D eigenvalue weighted by atomic mass is 16.2. The van der Waals surface area contributed by atoms with Crippen molar-refractivity contribution >= 4 is 17.6 Å². The lowest BCUT2D eigenvalue weighted by molar-refractivity contribution is -0.139. The zero-order chi connectivity index (χ0) is 13.8. The van der Waals surface area contributed by atoms with Crippen LogP contribution in [0.3, 0.4) is 0 Å². The summed E-state index contributed by atoms with van der Waals surface area (Å²) in [5.74, 6) is 0.452. The maximum atomic E-state index is 11.8. The highest BCUT2D eigenvalue weighted by molar-refractivity contribution is 6.03. The average molecular weight is 261 g/mol. The van der Waals surface area contributed by atoms with Gasteiger partial charge in [0.05, 0.1) is 6.54 Å². The Balaban J connectivity index is 1.99. The van der Waals surface area contributed by atoms with Crippen LogP contribution in [0.1, 0.15) is 32.3 Å². The second kappa shape index (κ2) is 5.82. The number of hydrogen-bond acceptors (Lipinski definition) is 4. The Morgan fingerprint density at radius 3 is 2.74 bits per heavy atom. The lowest BCUT2D eigenvalue weighted by atomic mass is 10.1. The van der Waals surface area contributed by atoms with E-state index in [2.05, 4.69) is 17.2 Å². The molecular weight excluding hydrogens is 242 g/mol. The molecule has 0 aliphatic carbocycles. The summed E-state index contributed by atoms with van der Waals surface area (Å²) < 4.78 is 0. The quantitative estimate of drug-likeness (QED) is 0.821. The summed E-state index contributed by atoms with van der Waals surface area (Å²) in [4.78, 5) is 29.1. The monoisotopic (exact) mass is 261 g/mol. The van der Waals surface area contributed by atoms with Gasteiger partial charge >= 0.3 is 0 Å². The standard InChI is InChI=1S/C14H19N3O2/c1-3-6-15-12-5-4-11(8-16-12)9-17-13(18)7-10(2)14(17)19/h4-5,8,10H,3,6-7,9H2,1-2H3,(H,15,16). The number of likely N-dealkylation sites (tertiary alicyclic amines) is 1. The van der Waals surface area contributed by atoms with Gasteiger partial charge in [-0.1, -0.05) is 19.9 Å². The number of nitrogens with one attached hydrogen (secondary N) is 1. The smallest absolute Gasteiger partial charge is 0.232 e. The van der Waals surface area contributed by atoms with E-state index < -0.39 is 0 Å². The summed E-state index contributed by atoms with van der Waals surface area (Å²) in [6, 6.07) is 3.77. The van der Waals surface area contributed by atoms with Gasteiger partial charge in [-0.05, 0) is 18.1 Å². The molecule has 19 heavy (non-hydrogen) atoms. The Bertz CT molecular complexity index is 470. The molecule has 1 atom stereocenters. The summed E-state index contributed by atoms with van der Waals surface area (Å²) in [6.07, 6.45) is 3.07. The number of anilines is 1. The number of amides is 2. The number of nitrogens with zero attached hydrogens (tertiary/aromatic N) is 2. The molecule has 0 radical (unpaired) electrons. The van der Waals surface area contributed by atoms with E-state index in [0.29, 0.717) is 13.0 Å². The number of imide groups is 1. The normalized spacial score (nSPS) is 19.1. The molecule has 5 nitrogen and oxygen atoms in total. The maximum Gasteiger partial charge on any atom is 0.232 e. The Labute approximate surface area is 113 Å². The van der Waals surface area contributed by atoms with Crippen LogP contribution in [0.15, 0.2) is 18.3 Å². The average Bonchev–Trinajstić information content (AvgIpc) is 2.64. The topological polar surface area (TPSA) is 62.3 Å². The predicted molar refractivity (Wildman–Crippen MR) is 72.4 cm³/mol. The van der Waals surface area contributed by atoms with Gasteiger partial charge in [0.2, 0.25) is 11.8 Å². The minimum absolute atomic E-state index is 0.0850. The van der Waals surface area contributed by atoms with Crippen molar-refractivity contribution in [1.29, 1.82) is 0 Å². The third kappa shape index (κ3) is 3.10. The van der Waals surface area contributed by atoms with Gasteiger partial charge in [-0.25, -0.2) is 4.98 Å². The molecule has 102 valence electrons. The number of pyridine rings is 1. The Kier molecular flexibility index (Phi) is 4.14. The molecule has 1 N–H and O–H groups in total. The summed E-state index contributed by atoms with van der Waals surface area (Å²) in [7, 11) is 0. The van der Waals surface area contributed by atoms with E-state index in [-0.39, 0.29) is 17.7 Å². The first-order valence-electron chi connectivity index (χ1n) is 6.64. The van der Waals surface area contributed by atoms with E-state index >= 15 is 0 Å². The summed E-state index contributed by atoms with van der Waals surface area (Å²) in [6.45, 7) is 5.08. The van der Waals surface area contributed by atoms with Gasteiger partial charge in [0, 0.05) is 25.1 Å². The van der Waals surface area contributed by atoms with Gasteiger partial charge < -0.3 is 5.32 Å². The van der Waals surface area contributed by atoms with Crippen LogP contribution in [0, 0.1) is 5.92 Å². The molecule has 5 heteroatoms. The van der Waals surface area contributed by atoms with Crippen molar-refractivity contribution in [3.8, 4) is 0 Å². The molecule has 1 aromatic heterocycles. The molecule has 1 aromatic rings. The molecule has 1 aliphatic heterocycles. The van der Waals surface area contributed by atoms with Crippen molar-refractivity contribution in [2.45, 2.75) is 33.2 Å². The van der Waals surface area contributed by atoms with Gasteiger partial charge in [-0.2, -0.15) is 0 Å². The molecule has 2 amide bonds. The zero-order valence-electron chi connectivity index (χ0n) is 11.3. The molecule has 0 saturated carbocycles. The number of carbonyl (C=O) groups is 2. The molecule has 0 aromatic carbocycles. The van der Waals surface area contributed by atoms with Crippen LogP contribution >= 0.6 is 0 Å². The van der Waals surface area contributed by atoms with Crippen molar-refractivity contribution in [1.82, 2.24) is 9.88 Å². The van der Waals surface area contributed by atoms with Gasteiger partial charge in [-0.3, -0.25) is 14.5 Å². The number of rotatable bonds is 5. The van der Waals surface area contributed by atoms with Crippen molar-refractivity contribution in [2.75, 3.05) is 11.9 Å². The Hall–Kier alpha value is -1.91. The van der Waals surface area contributed by atoms with E-state index in [9.17, 15) is 9.59 Å². The third-order valence-corrected chi connectivity index (χ3v) is 3.19. The molecule has 1 unspecified atom stereocenters. The van der Waals surface area contributed by atoms with Crippen LogP contribution in [0.5, 0.6) is 0 Å². The van der Waals surface area contributed by atoms with Crippen LogP contribution in [0.2, 0.25) is 0 Å². The lowest BCUT2D eigenvalue weighted by Gasteiger charge is -2.14. The Morgan fingerprint density at radius 1 is 1.42 bits per heavy atom. The van der Waals surface area contributed by atoms with Crippen LogP contribution in [0.4, 0.5) is 5.82 Å².